The fourth-order valence-corrected chi connectivity index (χ4v) is 2.76. The molecule has 0 aliphatic heterocycles. The highest BCUT2D eigenvalue weighted by atomic mass is 16.3. The summed E-state index contributed by atoms with van der Waals surface area (Å²) < 4.78 is 1.73. The van der Waals surface area contributed by atoms with Crippen LogP contribution in [0.15, 0.2) is 0 Å². The third kappa shape index (κ3) is 3.00. The van der Waals surface area contributed by atoms with Crippen LogP contribution in [-0.2, 0) is 0 Å². The maximum atomic E-state index is 10.2. The van der Waals surface area contributed by atoms with E-state index in [1.807, 2.05) is 0 Å². The van der Waals surface area contributed by atoms with E-state index >= 15 is 0 Å². The summed E-state index contributed by atoms with van der Waals surface area (Å²) in [5.74, 6) is 1.08. The molecule has 0 aromatic carbocycles. The van der Waals surface area contributed by atoms with E-state index in [0.29, 0.717) is 11.9 Å². The van der Waals surface area contributed by atoms with Gasteiger partial charge in [0, 0.05) is 13.1 Å². The minimum absolute atomic E-state index is 0.0284. The number of aromatic nitrogens is 3. The first kappa shape index (κ1) is 14.1. The minimum Gasteiger partial charge on any atom is -0.391 e. The Morgan fingerprint density at radius 3 is 2.63 bits per heavy atom. The maximum absolute atomic E-state index is 10.2. The molecule has 1 heterocycles. The van der Waals surface area contributed by atoms with E-state index in [-0.39, 0.29) is 12.1 Å². The van der Waals surface area contributed by atoms with Gasteiger partial charge in [-0.25, -0.2) is 4.68 Å². The van der Waals surface area contributed by atoms with Gasteiger partial charge in [-0.2, -0.15) is 4.98 Å². The molecule has 19 heavy (non-hydrogen) atoms. The van der Waals surface area contributed by atoms with Crippen molar-refractivity contribution >= 4 is 11.9 Å². The lowest BCUT2D eigenvalue weighted by atomic mass is 10.1. The van der Waals surface area contributed by atoms with Crippen molar-refractivity contribution in [1.29, 1.82) is 0 Å². The monoisotopic (exact) mass is 267 g/mol. The molecule has 0 spiro atoms. The number of aliphatic hydroxyl groups excluding tert-OH is 1. The molecule has 0 bridgehead atoms. The van der Waals surface area contributed by atoms with Gasteiger partial charge in [-0.3, -0.25) is 0 Å². The number of aliphatic hydroxyl groups is 1. The lowest BCUT2D eigenvalue weighted by Gasteiger charge is -2.21. The quantitative estimate of drug-likeness (QED) is 0.809. The zero-order valence-corrected chi connectivity index (χ0v) is 11.9. The molecule has 2 atom stereocenters. The lowest BCUT2D eigenvalue weighted by Crippen LogP contribution is -2.26. The number of nitrogen functional groups attached to an aromatic ring is 1. The number of nitrogens with zero attached hydrogens (tertiary/aromatic N) is 4. The second-order valence-corrected chi connectivity index (χ2v) is 5.16. The summed E-state index contributed by atoms with van der Waals surface area (Å²) in [5, 5.41) is 14.7. The standard InChI is InChI=1S/C13H25N5O/c1-3-17(4-2)13-15-12(14)18(16-13)10-8-6-5-7-9-11(10)19/h10-11,19H,3-9H2,1-2H3,(H2,14,15,16). The van der Waals surface area contributed by atoms with Gasteiger partial charge in [0.1, 0.15) is 0 Å². The molecule has 0 radical (unpaired) electrons. The lowest BCUT2D eigenvalue weighted by molar-refractivity contribution is 0.100. The van der Waals surface area contributed by atoms with Gasteiger partial charge in [-0.1, -0.05) is 19.3 Å². The normalized spacial score (nSPS) is 24.2. The molecule has 1 fully saturated rings. The molecule has 6 heteroatoms. The van der Waals surface area contributed by atoms with Crippen LogP contribution in [0.25, 0.3) is 0 Å². The first-order chi connectivity index (χ1) is 9.17. The predicted octanol–water partition coefficient (Wildman–Crippen LogP) is 1.57. The number of hydrogen-bond acceptors (Lipinski definition) is 5. The number of anilines is 2. The first-order valence-electron chi connectivity index (χ1n) is 7.32. The summed E-state index contributed by atoms with van der Waals surface area (Å²) >= 11 is 0. The van der Waals surface area contributed by atoms with Gasteiger partial charge in [0.2, 0.25) is 11.9 Å². The molecule has 1 saturated carbocycles. The number of rotatable bonds is 4. The Bertz CT molecular complexity index is 402. The smallest absolute Gasteiger partial charge is 0.246 e. The molecule has 1 aliphatic rings. The summed E-state index contributed by atoms with van der Waals surface area (Å²) in [6.07, 6.45) is 4.75. The second-order valence-electron chi connectivity index (χ2n) is 5.16. The number of hydrogen-bond donors (Lipinski definition) is 2. The minimum atomic E-state index is -0.365. The molecule has 1 aliphatic carbocycles. The van der Waals surface area contributed by atoms with E-state index in [0.717, 1.165) is 38.8 Å². The summed E-state index contributed by atoms with van der Waals surface area (Å²) in [6, 6.07) is -0.0284. The van der Waals surface area contributed by atoms with Crippen LogP contribution in [0, 0.1) is 0 Å². The van der Waals surface area contributed by atoms with Gasteiger partial charge < -0.3 is 15.7 Å². The van der Waals surface area contributed by atoms with Crippen molar-refractivity contribution in [3.05, 3.63) is 0 Å². The van der Waals surface area contributed by atoms with Crippen LogP contribution < -0.4 is 10.6 Å². The zero-order valence-electron chi connectivity index (χ0n) is 11.9. The molecule has 0 amide bonds. The highest BCUT2D eigenvalue weighted by molar-refractivity contribution is 5.35. The van der Waals surface area contributed by atoms with Gasteiger partial charge in [0.15, 0.2) is 0 Å². The van der Waals surface area contributed by atoms with Crippen molar-refractivity contribution in [3.63, 3.8) is 0 Å². The van der Waals surface area contributed by atoms with E-state index in [1.165, 1.54) is 6.42 Å². The zero-order chi connectivity index (χ0) is 13.8. The van der Waals surface area contributed by atoms with Crippen molar-refractivity contribution in [2.75, 3.05) is 23.7 Å². The largest absolute Gasteiger partial charge is 0.391 e. The van der Waals surface area contributed by atoms with E-state index < -0.39 is 0 Å². The van der Waals surface area contributed by atoms with Crippen LogP contribution >= 0.6 is 0 Å². The average Bonchev–Trinajstić information content (AvgIpc) is 2.64. The van der Waals surface area contributed by atoms with Gasteiger partial charge in [0.25, 0.3) is 0 Å². The van der Waals surface area contributed by atoms with E-state index in [4.69, 9.17) is 5.73 Å². The fraction of sp³-hybridized carbons (Fsp3) is 0.846. The SMILES string of the molecule is CCN(CC)c1nc(N)n(C2CCCCCC2O)n1. The summed E-state index contributed by atoms with van der Waals surface area (Å²) in [5.41, 5.74) is 5.98. The van der Waals surface area contributed by atoms with Crippen LogP contribution in [0.5, 0.6) is 0 Å². The van der Waals surface area contributed by atoms with E-state index in [1.54, 1.807) is 4.68 Å². The van der Waals surface area contributed by atoms with E-state index in [2.05, 4.69) is 28.8 Å². The molecule has 2 unspecified atom stereocenters. The number of nitrogens with two attached hydrogens (primary N) is 1. The van der Waals surface area contributed by atoms with Crippen molar-refractivity contribution < 1.29 is 5.11 Å². The second kappa shape index (κ2) is 6.23. The van der Waals surface area contributed by atoms with Crippen LogP contribution in [0.1, 0.15) is 52.0 Å². The molecular formula is C13H25N5O. The van der Waals surface area contributed by atoms with Gasteiger partial charge in [-0.05, 0) is 26.7 Å². The average molecular weight is 267 g/mol. The third-order valence-corrected chi connectivity index (χ3v) is 3.95. The fourth-order valence-electron chi connectivity index (χ4n) is 2.76. The van der Waals surface area contributed by atoms with Gasteiger partial charge in [-0.15, -0.1) is 5.10 Å². The summed E-state index contributed by atoms with van der Waals surface area (Å²) in [6.45, 7) is 5.85. The van der Waals surface area contributed by atoms with Crippen LogP contribution in [0.4, 0.5) is 11.9 Å². The Labute approximate surface area is 114 Å². The molecule has 1 aromatic heterocycles. The van der Waals surface area contributed by atoms with Crippen molar-refractivity contribution in [1.82, 2.24) is 14.8 Å². The molecular weight excluding hydrogens is 242 g/mol. The molecule has 0 saturated heterocycles. The van der Waals surface area contributed by atoms with Crippen LogP contribution in [0.3, 0.4) is 0 Å². The van der Waals surface area contributed by atoms with E-state index in [9.17, 15) is 5.11 Å². The Hall–Kier alpha value is -1.30. The molecule has 1 aromatic rings. The maximum Gasteiger partial charge on any atom is 0.246 e. The van der Waals surface area contributed by atoms with Crippen molar-refractivity contribution in [2.45, 2.75) is 58.1 Å². The third-order valence-electron chi connectivity index (χ3n) is 3.95. The Morgan fingerprint density at radius 1 is 1.26 bits per heavy atom. The Kier molecular flexibility index (Phi) is 4.63. The molecule has 6 nitrogen and oxygen atoms in total. The van der Waals surface area contributed by atoms with Crippen LogP contribution in [-0.4, -0.2) is 39.1 Å². The molecule has 2 rings (SSSR count). The summed E-state index contributed by atoms with van der Waals surface area (Å²) in [4.78, 5) is 6.40. The summed E-state index contributed by atoms with van der Waals surface area (Å²) in [7, 11) is 0. The topological polar surface area (TPSA) is 80.2 Å². The van der Waals surface area contributed by atoms with Crippen molar-refractivity contribution in [2.24, 2.45) is 0 Å². The highest BCUT2D eigenvalue weighted by Gasteiger charge is 2.27. The van der Waals surface area contributed by atoms with Gasteiger partial charge >= 0.3 is 0 Å². The Morgan fingerprint density at radius 2 is 1.95 bits per heavy atom. The molecule has 108 valence electrons. The van der Waals surface area contributed by atoms with Gasteiger partial charge in [0.05, 0.1) is 12.1 Å². The molecule has 3 N–H and O–H groups in total. The predicted molar refractivity (Wildman–Crippen MR) is 76.1 cm³/mol. The first-order valence-corrected chi connectivity index (χ1v) is 7.32. The van der Waals surface area contributed by atoms with Crippen LogP contribution in [0.2, 0.25) is 0 Å². The van der Waals surface area contributed by atoms with Crippen molar-refractivity contribution in [3.8, 4) is 0 Å². The Balaban J connectivity index is 2.23. The highest BCUT2D eigenvalue weighted by Crippen LogP contribution is 2.29.